The van der Waals surface area contributed by atoms with Crippen molar-refractivity contribution >= 4 is 23.5 Å². The monoisotopic (exact) mass is 118 g/mol. The van der Waals surface area contributed by atoms with Crippen LogP contribution in [0, 0.1) is 0 Å². The second-order valence-electron chi connectivity index (χ2n) is 0.620. The molecule has 0 aromatic heterocycles. The van der Waals surface area contributed by atoms with Crippen LogP contribution in [0.5, 0.6) is 0 Å². The molecule has 0 aliphatic rings. The molecule has 0 saturated carbocycles. The summed E-state index contributed by atoms with van der Waals surface area (Å²) in [6, 6.07) is 0. The third-order valence-corrected chi connectivity index (χ3v) is 0.288. The van der Waals surface area contributed by atoms with E-state index in [2.05, 4.69) is 17.3 Å². The zero-order valence-corrected chi connectivity index (χ0v) is 4.03. The molecule has 0 rings (SSSR count). The fourth-order valence-corrected chi connectivity index (χ4v) is 0.116. The van der Waals surface area contributed by atoms with Crippen LogP contribution in [0.4, 0.5) is 4.79 Å². The van der Waals surface area contributed by atoms with Crippen molar-refractivity contribution < 1.29 is 9.90 Å². The first-order valence-electron chi connectivity index (χ1n) is 1.33. The molecule has 0 radical (unpaired) electrons. The number of hydrogen-bond acceptors (Lipinski definition) is 3. The highest BCUT2D eigenvalue weighted by atomic mass is 32.1. The predicted octanol–water partition coefficient (Wildman–Crippen LogP) is 0.272. The van der Waals surface area contributed by atoms with Crippen LogP contribution < -0.4 is 5.43 Å². The molecule has 0 unspecified atom stereocenters. The minimum atomic E-state index is -1.24. The van der Waals surface area contributed by atoms with Gasteiger partial charge in [-0.1, -0.05) is 0 Å². The SMILES string of the molecule is O=C(O)NN=C=S. The smallest absolute Gasteiger partial charge is 0.425 e. The van der Waals surface area contributed by atoms with Gasteiger partial charge in [0.25, 0.3) is 0 Å². The molecular formula is C2H2N2O2S. The van der Waals surface area contributed by atoms with Gasteiger partial charge in [-0.05, 0) is 12.2 Å². The molecule has 0 heterocycles. The Morgan fingerprint density at radius 3 is 2.71 bits per heavy atom. The first kappa shape index (κ1) is 6.07. The van der Waals surface area contributed by atoms with E-state index in [0.29, 0.717) is 0 Å². The molecule has 4 nitrogen and oxygen atoms in total. The maximum absolute atomic E-state index is 9.47. The topological polar surface area (TPSA) is 61.7 Å². The minimum Gasteiger partial charge on any atom is -0.464 e. The summed E-state index contributed by atoms with van der Waals surface area (Å²) in [5.41, 5.74) is 1.62. The Labute approximate surface area is 44.8 Å². The Kier molecular flexibility index (Phi) is 2.83. The molecular weight excluding hydrogens is 116 g/mol. The van der Waals surface area contributed by atoms with Crippen molar-refractivity contribution in [2.45, 2.75) is 0 Å². The number of amides is 1. The van der Waals surface area contributed by atoms with E-state index in [-0.39, 0.29) is 0 Å². The van der Waals surface area contributed by atoms with Crippen LogP contribution in [0.1, 0.15) is 0 Å². The Balaban J connectivity index is 3.32. The summed E-state index contributed by atoms with van der Waals surface area (Å²) in [6.45, 7) is 0. The molecule has 7 heavy (non-hydrogen) atoms. The second-order valence-corrected chi connectivity index (χ2v) is 0.803. The predicted molar refractivity (Wildman–Crippen MR) is 26.2 cm³/mol. The fourth-order valence-electron chi connectivity index (χ4n) is 0.0706. The highest BCUT2D eigenvalue weighted by molar-refractivity contribution is 7.78. The lowest BCUT2D eigenvalue weighted by atomic mass is 11.3. The number of thiocarbonyl (C=S) groups is 1. The van der Waals surface area contributed by atoms with Crippen LogP contribution in [0.3, 0.4) is 0 Å². The Bertz CT molecular complexity index is 117. The van der Waals surface area contributed by atoms with Crippen molar-refractivity contribution in [2.24, 2.45) is 5.10 Å². The average Bonchev–Trinajstić information content (AvgIpc) is 1.61. The highest BCUT2D eigenvalue weighted by Crippen LogP contribution is 1.55. The quantitative estimate of drug-likeness (QED) is 0.295. The molecule has 2 N–H and O–H groups in total. The Morgan fingerprint density at radius 2 is 2.57 bits per heavy atom. The summed E-state index contributed by atoms with van der Waals surface area (Å²) in [5, 5.41) is 12.5. The van der Waals surface area contributed by atoms with E-state index < -0.39 is 6.09 Å². The lowest BCUT2D eigenvalue weighted by Crippen LogP contribution is -2.12. The van der Waals surface area contributed by atoms with Crippen molar-refractivity contribution in [2.75, 3.05) is 0 Å². The number of rotatable bonds is 1. The van der Waals surface area contributed by atoms with Gasteiger partial charge in [-0.25, -0.2) is 10.2 Å². The molecule has 0 spiro atoms. The molecule has 0 bridgehead atoms. The Morgan fingerprint density at radius 1 is 2.00 bits per heavy atom. The number of carboxylic acid groups (broad SMARTS) is 1. The van der Waals surface area contributed by atoms with Crippen molar-refractivity contribution in [3.05, 3.63) is 0 Å². The molecule has 0 aliphatic heterocycles. The number of isothiocyanates is 1. The van der Waals surface area contributed by atoms with Crippen LogP contribution >= 0.6 is 12.2 Å². The first-order valence-corrected chi connectivity index (χ1v) is 1.74. The lowest BCUT2D eigenvalue weighted by Gasteiger charge is -1.80. The summed E-state index contributed by atoms with van der Waals surface area (Å²) in [6.07, 6.45) is -1.24. The molecule has 0 aromatic carbocycles. The molecule has 0 fully saturated rings. The standard InChI is InChI=1S/C2H2N2O2S/c5-2(6)4-3-1-7/h4H,(H,5,6). The lowest BCUT2D eigenvalue weighted by molar-refractivity contribution is 0.195. The fraction of sp³-hybridized carbons (Fsp3) is 0. The zero-order valence-electron chi connectivity index (χ0n) is 3.21. The van der Waals surface area contributed by atoms with Gasteiger partial charge in [0.1, 0.15) is 0 Å². The number of hydrazone groups is 1. The molecule has 0 aliphatic carbocycles. The van der Waals surface area contributed by atoms with E-state index in [1.807, 2.05) is 5.16 Å². The summed E-state index contributed by atoms with van der Waals surface area (Å²) >= 11 is 4.03. The van der Waals surface area contributed by atoms with Crippen LogP contribution in [0.25, 0.3) is 0 Å². The molecule has 1 amide bonds. The minimum absolute atomic E-state index is 1.24. The number of hydrogen-bond donors (Lipinski definition) is 2. The van der Waals surface area contributed by atoms with E-state index in [9.17, 15) is 4.79 Å². The normalized spacial score (nSPS) is 6.29. The molecule has 0 atom stereocenters. The number of nitrogens with zero attached hydrogens (tertiary/aromatic N) is 1. The van der Waals surface area contributed by atoms with E-state index in [0.717, 1.165) is 0 Å². The van der Waals surface area contributed by atoms with Crippen LogP contribution in [0.2, 0.25) is 0 Å². The van der Waals surface area contributed by atoms with Crippen molar-refractivity contribution in [1.82, 2.24) is 5.43 Å². The third kappa shape index (κ3) is 5.07. The maximum atomic E-state index is 9.47. The van der Waals surface area contributed by atoms with Gasteiger partial charge in [-0.2, -0.15) is 0 Å². The first-order chi connectivity index (χ1) is 3.27. The summed E-state index contributed by atoms with van der Waals surface area (Å²) in [5.74, 6) is 0. The van der Waals surface area contributed by atoms with Gasteiger partial charge in [0.2, 0.25) is 0 Å². The van der Waals surface area contributed by atoms with E-state index >= 15 is 0 Å². The van der Waals surface area contributed by atoms with Crippen LogP contribution in [-0.2, 0) is 0 Å². The Hall–Kier alpha value is -0.930. The van der Waals surface area contributed by atoms with Crippen molar-refractivity contribution in [1.29, 1.82) is 0 Å². The third-order valence-electron chi connectivity index (χ3n) is 0.197. The second kappa shape index (κ2) is 3.27. The van der Waals surface area contributed by atoms with E-state index in [4.69, 9.17) is 5.11 Å². The van der Waals surface area contributed by atoms with Gasteiger partial charge in [0.05, 0.1) is 5.16 Å². The summed E-state index contributed by atoms with van der Waals surface area (Å²) in [7, 11) is 0. The van der Waals surface area contributed by atoms with Gasteiger partial charge in [0.15, 0.2) is 0 Å². The summed E-state index contributed by atoms with van der Waals surface area (Å²) in [4.78, 5) is 9.47. The zero-order chi connectivity index (χ0) is 5.70. The van der Waals surface area contributed by atoms with Crippen molar-refractivity contribution in [3.8, 4) is 0 Å². The average molecular weight is 118 g/mol. The van der Waals surface area contributed by atoms with Gasteiger partial charge < -0.3 is 5.11 Å². The van der Waals surface area contributed by atoms with Gasteiger partial charge in [-0.3, -0.25) is 0 Å². The largest absolute Gasteiger partial charge is 0.464 e. The number of nitrogens with one attached hydrogen (secondary N) is 1. The van der Waals surface area contributed by atoms with Crippen LogP contribution in [0.15, 0.2) is 5.10 Å². The van der Waals surface area contributed by atoms with Crippen LogP contribution in [-0.4, -0.2) is 16.4 Å². The molecule has 5 heteroatoms. The summed E-state index contributed by atoms with van der Waals surface area (Å²) < 4.78 is 0. The maximum Gasteiger partial charge on any atom is 0.425 e. The van der Waals surface area contributed by atoms with Gasteiger partial charge >= 0.3 is 6.09 Å². The highest BCUT2D eigenvalue weighted by Gasteiger charge is 1.82. The number of carbonyl (C=O) groups is 1. The molecule has 0 aromatic rings. The van der Waals surface area contributed by atoms with E-state index in [1.54, 1.807) is 5.43 Å². The van der Waals surface area contributed by atoms with E-state index in [1.165, 1.54) is 0 Å². The molecule has 0 saturated heterocycles. The van der Waals surface area contributed by atoms with Crippen molar-refractivity contribution in [3.63, 3.8) is 0 Å². The van der Waals surface area contributed by atoms with Gasteiger partial charge in [-0.15, -0.1) is 5.10 Å². The van der Waals surface area contributed by atoms with Gasteiger partial charge in [0, 0.05) is 0 Å². The molecule has 38 valence electrons.